The van der Waals surface area contributed by atoms with Crippen LogP contribution in [0.4, 0.5) is 5.69 Å². The molecular formula is C12H12NO9-. The molecule has 1 saturated heterocycles. The first-order valence-electron chi connectivity index (χ1n) is 6.13. The lowest BCUT2D eigenvalue weighted by atomic mass is 9.99. The van der Waals surface area contributed by atoms with Crippen molar-refractivity contribution in [3.05, 3.63) is 34.4 Å². The maximum absolute atomic E-state index is 10.8. The molecule has 3 N–H and O–H groups in total. The van der Waals surface area contributed by atoms with E-state index in [9.17, 15) is 35.3 Å². The fourth-order valence-electron chi connectivity index (χ4n) is 1.92. The highest BCUT2D eigenvalue weighted by Gasteiger charge is 2.45. The van der Waals surface area contributed by atoms with Crippen LogP contribution in [0.5, 0.6) is 5.75 Å². The van der Waals surface area contributed by atoms with E-state index in [-0.39, 0.29) is 11.4 Å². The summed E-state index contributed by atoms with van der Waals surface area (Å²) in [6.45, 7) is 0. The van der Waals surface area contributed by atoms with Gasteiger partial charge in [0.25, 0.3) is 5.69 Å². The second-order valence-electron chi connectivity index (χ2n) is 4.58. The lowest BCUT2D eigenvalue weighted by Gasteiger charge is -2.40. The van der Waals surface area contributed by atoms with Gasteiger partial charge >= 0.3 is 0 Å². The Morgan fingerprint density at radius 3 is 2.23 bits per heavy atom. The molecule has 1 aliphatic heterocycles. The maximum Gasteiger partial charge on any atom is 0.269 e. The molecule has 2 rings (SSSR count). The van der Waals surface area contributed by atoms with Crippen LogP contribution in [0, 0.1) is 10.1 Å². The van der Waals surface area contributed by atoms with Gasteiger partial charge in [0.05, 0.1) is 10.9 Å². The van der Waals surface area contributed by atoms with Crippen molar-refractivity contribution < 1.29 is 39.6 Å². The first-order valence-corrected chi connectivity index (χ1v) is 6.13. The number of carboxylic acid groups (broad SMARTS) is 1. The summed E-state index contributed by atoms with van der Waals surface area (Å²) in [7, 11) is 0. The lowest BCUT2D eigenvalue weighted by Crippen LogP contribution is -2.63. The Morgan fingerprint density at radius 2 is 1.73 bits per heavy atom. The van der Waals surface area contributed by atoms with Gasteiger partial charge in [0, 0.05) is 12.1 Å². The number of nitro benzene ring substituents is 1. The van der Waals surface area contributed by atoms with Gasteiger partial charge in [0.15, 0.2) is 0 Å². The van der Waals surface area contributed by atoms with Gasteiger partial charge in [-0.3, -0.25) is 10.1 Å². The average molecular weight is 314 g/mol. The van der Waals surface area contributed by atoms with Gasteiger partial charge in [0.2, 0.25) is 6.29 Å². The fraction of sp³-hybridized carbons (Fsp3) is 0.417. The van der Waals surface area contributed by atoms with Crippen molar-refractivity contribution in [1.29, 1.82) is 0 Å². The second kappa shape index (κ2) is 6.23. The quantitative estimate of drug-likeness (QED) is 0.403. The van der Waals surface area contributed by atoms with Crippen LogP contribution in [0.1, 0.15) is 0 Å². The highest BCUT2D eigenvalue weighted by molar-refractivity contribution is 5.71. The molecule has 1 aromatic rings. The van der Waals surface area contributed by atoms with Gasteiger partial charge in [-0.2, -0.15) is 0 Å². The predicted molar refractivity (Wildman–Crippen MR) is 65.4 cm³/mol. The second-order valence-corrected chi connectivity index (χ2v) is 4.58. The molecule has 5 atom stereocenters. The predicted octanol–water partition coefficient (Wildman–Crippen LogP) is -2.47. The number of aliphatic hydroxyl groups is 3. The van der Waals surface area contributed by atoms with Crippen molar-refractivity contribution in [1.82, 2.24) is 0 Å². The van der Waals surface area contributed by atoms with Crippen LogP contribution in [0.3, 0.4) is 0 Å². The van der Waals surface area contributed by atoms with Crippen LogP contribution in [0.2, 0.25) is 0 Å². The van der Waals surface area contributed by atoms with Crippen LogP contribution >= 0.6 is 0 Å². The molecule has 120 valence electrons. The third-order valence-electron chi connectivity index (χ3n) is 3.10. The number of non-ortho nitro benzene ring substituents is 1. The summed E-state index contributed by atoms with van der Waals surface area (Å²) in [5.74, 6) is -1.74. The molecule has 0 aromatic heterocycles. The van der Waals surface area contributed by atoms with E-state index < -0.39 is 41.6 Å². The SMILES string of the molecule is O=C([O-])[C@H]1O[C@H](Oc2ccc([N+](=O)[O-])cc2)[C@@H](O)[C@H](O)[C@H]1O. The lowest BCUT2D eigenvalue weighted by molar-refractivity contribution is -0.384. The van der Waals surface area contributed by atoms with Crippen LogP contribution in [0.25, 0.3) is 0 Å². The van der Waals surface area contributed by atoms with E-state index in [0.717, 1.165) is 12.1 Å². The summed E-state index contributed by atoms with van der Waals surface area (Å²) < 4.78 is 9.99. The highest BCUT2D eigenvalue weighted by Crippen LogP contribution is 2.25. The zero-order valence-corrected chi connectivity index (χ0v) is 10.9. The molecular weight excluding hydrogens is 302 g/mol. The standard InChI is InChI=1S/C12H13NO9/c14-7-8(15)10(11(17)18)22-12(9(7)16)21-6-3-1-5(2-4-6)13(19)20/h1-4,7-10,12,14-16H,(H,17,18)/p-1/t7-,8-,9+,10+,12+/m1/s1. The zero-order chi connectivity index (χ0) is 16.4. The molecule has 0 spiro atoms. The number of benzene rings is 1. The largest absolute Gasteiger partial charge is 0.547 e. The van der Waals surface area contributed by atoms with Crippen molar-refractivity contribution in [2.75, 3.05) is 0 Å². The number of carboxylic acids is 1. The normalized spacial score (nSPS) is 31.5. The van der Waals surface area contributed by atoms with Crippen molar-refractivity contribution in [2.24, 2.45) is 0 Å². The molecule has 1 aromatic carbocycles. The summed E-state index contributed by atoms with van der Waals surface area (Å²) in [6, 6.07) is 4.68. The molecule has 0 unspecified atom stereocenters. The van der Waals surface area contributed by atoms with Gasteiger partial charge in [-0.15, -0.1) is 0 Å². The molecule has 0 radical (unpaired) electrons. The molecule has 1 fully saturated rings. The number of hydrogen-bond acceptors (Lipinski definition) is 9. The van der Waals surface area contributed by atoms with E-state index in [1.54, 1.807) is 0 Å². The molecule has 0 bridgehead atoms. The Hall–Kier alpha value is -2.27. The summed E-state index contributed by atoms with van der Waals surface area (Å²) >= 11 is 0. The zero-order valence-electron chi connectivity index (χ0n) is 10.9. The number of aliphatic hydroxyl groups excluding tert-OH is 3. The number of carbonyl (C=O) groups excluding carboxylic acids is 1. The van der Waals surface area contributed by atoms with Crippen molar-refractivity contribution in [2.45, 2.75) is 30.7 Å². The third-order valence-corrected chi connectivity index (χ3v) is 3.10. The van der Waals surface area contributed by atoms with Gasteiger partial charge < -0.3 is 34.7 Å². The van der Waals surface area contributed by atoms with Crippen LogP contribution in [-0.4, -0.2) is 56.9 Å². The molecule has 0 aliphatic carbocycles. The minimum atomic E-state index is -1.89. The van der Waals surface area contributed by atoms with Crippen LogP contribution < -0.4 is 9.84 Å². The van der Waals surface area contributed by atoms with E-state index >= 15 is 0 Å². The van der Waals surface area contributed by atoms with Crippen molar-refractivity contribution in [3.8, 4) is 5.75 Å². The van der Waals surface area contributed by atoms with Gasteiger partial charge in [-0.05, 0) is 12.1 Å². The average Bonchev–Trinajstić information content (AvgIpc) is 2.48. The Balaban J connectivity index is 2.13. The molecule has 22 heavy (non-hydrogen) atoms. The fourth-order valence-corrected chi connectivity index (χ4v) is 1.92. The van der Waals surface area contributed by atoms with Crippen molar-refractivity contribution >= 4 is 11.7 Å². The van der Waals surface area contributed by atoms with E-state index in [0.29, 0.717) is 0 Å². The summed E-state index contributed by atoms with van der Waals surface area (Å²) in [6.07, 6.45) is -8.90. The molecule has 0 saturated carbocycles. The molecule has 1 aliphatic rings. The van der Waals surface area contributed by atoms with Gasteiger partial charge in [-0.25, -0.2) is 0 Å². The Kier molecular flexibility index (Phi) is 4.56. The summed E-state index contributed by atoms with van der Waals surface area (Å²) in [5, 5.41) is 50.1. The Morgan fingerprint density at radius 1 is 1.14 bits per heavy atom. The minimum absolute atomic E-state index is 0.0373. The number of rotatable bonds is 4. The number of aliphatic carboxylic acids is 1. The van der Waals surface area contributed by atoms with Crippen LogP contribution in [-0.2, 0) is 9.53 Å². The maximum atomic E-state index is 10.8. The van der Waals surface area contributed by atoms with E-state index in [1.807, 2.05) is 0 Å². The number of ether oxygens (including phenoxy) is 2. The molecule has 1 heterocycles. The van der Waals surface area contributed by atoms with E-state index in [4.69, 9.17) is 9.47 Å². The third kappa shape index (κ3) is 3.14. The Labute approximate surface area is 123 Å². The van der Waals surface area contributed by atoms with E-state index in [1.165, 1.54) is 12.1 Å². The smallest absolute Gasteiger partial charge is 0.269 e. The summed E-state index contributed by atoms with van der Waals surface area (Å²) in [4.78, 5) is 20.7. The number of nitrogens with zero attached hydrogens (tertiary/aromatic N) is 1. The molecule has 0 amide bonds. The highest BCUT2D eigenvalue weighted by atomic mass is 16.7. The monoisotopic (exact) mass is 314 g/mol. The molecule has 10 nitrogen and oxygen atoms in total. The van der Waals surface area contributed by atoms with Gasteiger partial charge in [-0.1, -0.05) is 0 Å². The molecule has 10 heteroatoms. The van der Waals surface area contributed by atoms with Crippen molar-refractivity contribution in [3.63, 3.8) is 0 Å². The van der Waals surface area contributed by atoms with Gasteiger partial charge in [0.1, 0.15) is 30.2 Å². The Bertz CT molecular complexity index is 560. The number of nitro groups is 1. The van der Waals surface area contributed by atoms with Crippen LogP contribution in [0.15, 0.2) is 24.3 Å². The number of carbonyl (C=O) groups is 1. The number of hydrogen-bond donors (Lipinski definition) is 3. The van der Waals surface area contributed by atoms with E-state index in [2.05, 4.69) is 0 Å². The first-order chi connectivity index (χ1) is 10.3. The first kappa shape index (κ1) is 16.1. The topological polar surface area (TPSA) is 162 Å². The summed E-state index contributed by atoms with van der Waals surface area (Å²) in [5.41, 5.74) is -0.194. The minimum Gasteiger partial charge on any atom is -0.547 e.